The van der Waals surface area contributed by atoms with Crippen LogP contribution in [0.2, 0.25) is 0 Å². The molecule has 14 rings (SSSR count). The average molecular weight is 1570 g/mol. The lowest BCUT2D eigenvalue weighted by Gasteiger charge is -2.46. The molecule has 1 unspecified atom stereocenters. The maximum atomic E-state index is 13.9. The van der Waals surface area contributed by atoms with E-state index in [9.17, 15) is 56.2 Å². The highest BCUT2D eigenvalue weighted by Crippen LogP contribution is 2.45. The zero-order valence-corrected chi connectivity index (χ0v) is 68.8. The Morgan fingerprint density at radius 1 is 0.553 bits per heavy atom. The zero-order chi connectivity index (χ0) is 82.7. The first-order chi connectivity index (χ1) is 54.1. The van der Waals surface area contributed by atoms with Crippen LogP contribution in [-0.4, -0.2) is 182 Å². The van der Waals surface area contributed by atoms with Gasteiger partial charge in [-0.25, -0.2) is 9.18 Å². The van der Waals surface area contributed by atoms with Crippen LogP contribution in [0.25, 0.3) is 22.2 Å². The highest BCUT2D eigenvalue weighted by molar-refractivity contribution is 6.07. The summed E-state index contributed by atoms with van der Waals surface area (Å²) in [5, 5.41) is 18.9. The number of nitrogens with zero attached hydrogens (tertiary/aromatic N) is 10. The van der Waals surface area contributed by atoms with Gasteiger partial charge in [-0.15, -0.1) is 0 Å². The van der Waals surface area contributed by atoms with Crippen LogP contribution in [0.1, 0.15) is 191 Å². The number of aromatic carboxylic acids is 1. The number of fused-ring (bicyclic) bond motifs is 4. The number of ketones is 1. The van der Waals surface area contributed by atoms with E-state index in [1.165, 1.54) is 89.2 Å². The summed E-state index contributed by atoms with van der Waals surface area (Å²) >= 11 is 0. The molecule has 5 aliphatic rings. The first-order valence-corrected chi connectivity index (χ1v) is 39.6. The third-order valence-corrected chi connectivity index (χ3v) is 22.9. The molecule has 2 bridgehead atoms. The molecule has 610 valence electrons. The minimum Gasteiger partial charge on any atom is -0.478 e. The van der Waals surface area contributed by atoms with Crippen molar-refractivity contribution in [3.63, 3.8) is 0 Å². The van der Waals surface area contributed by atoms with Gasteiger partial charge in [0.05, 0.1) is 44.7 Å². The van der Waals surface area contributed by atoms with E-state index in [-0.39, 0.29) is 70.9 Å². The van der Waals surface area contributed by atoms with Crippen molar-refractivity contribution < 1.29 is 56.2 Å². The van der Waals surface area contributed by atoms with Crippen molar-refractivity contribution in [3.05, 3.63) is 206 Å². The number of aryl methyl sites for hydroxylation is 5. The van der Waals surface area contributed by atoms with Gasteiger partial charge in [0.2, 0.25) is 11.8 Å². The lowest BCUT2D eigenvalue weighted by Crippen LogP contribution is -2.48. The number of Topliss-reactive ketones (excluding diaryl/α,β-unsaturated/α-hetero) is 1. The van der Waals surface area contributed by atoms with Crippen molar-refractivity contribution in [1.82, 2.24) is 47.3 Å². The van der Waals surface area contributed by atoms with Crippen LogP contribution < -0.4 is 16.0 Å². The summed E-state index contributed by atoms with van der Waals surface area (Å²) in [6.07, 6.45) is 11.3. The van der Waals surface area contributed by atoms with Crippen molar-refractivity contribution in [2.75, 3.05) is 104 Å². The van der Waals surface area contributed by atoms with Crippen LogP contribution in [-0.2, 0) is 41.9 Å². The van der Waals surface area contributed by atoms with Crippen LogP contribution in [0.5, 0.6) is 0 Å². The summed E-state index contributed by atoms with van der Waals surface area (Å²) in [4.78, 5) is 96.6. The van der Waals surface area contributed by atoms with E-state index in [2.05, 4.69) is 51.3 Å². The van der Waals surface area contributed by atoms with E-state index in [4.69, 9.17) is 0 Å². The molecule has 4 aromatic carbocycles. The van der Waals surface area contributed by atoms with Crippen LogP contribution in [0.3, 0.4) is 0 Å². The number of carbonyl (C=O) groups excluding carboxylic acids is 6. The van der Waals surface area contributed by atoms with E-state index in [1.807, 2.05) is 107 Å². The van der Waals surface area contributed by atoms with Crippen molar-refractivity contribution in [2.45, 2.75) is 171 Å². The van der Waals surface area contributed by atoms with Gasteiger partial charge in [-0.05, 0) is 255 Å². The molecule has 4 saturated heterocycles. The van der Waals surface area contributed by atoms with Gasteiger partial charge in [-0.2, -0.15) is 13.2 Å². The number of rotatable bonds is 21. The fraction of sp³-hybridized carbons (Fsp3) is 0.449. The SMILES string of the molecule is CC(=O)c1ccc(NC(=O)c2cc(C)n(CCN3CCCCC3)c2C)cc1.CN(C)C(=O)Cn1ccc(-c2c(C3CCCCC3)c3ccc(C(=O)O)cc3n2CC(=O)N(C)C)c1.Cc1ccc(NC(=O)c2cc(C)n(C3CN4CCC3CC4)c2C)cc1C(F)(F)F.Cc1ccc(NC(=O)c2cc(C)n(CCN(C)C)c2C)c(F)c1. The number of likely N-dealkylation sites (tertiary alicyclic amines) is 1. The van der Waals surface area contributed by atoms with E-state index in [1.54, 1.807) is 86.5 Å². The molecule has 1 saturated carbocycles. The molecule has 0 spiro atoms. The summed E-state index contributed by atoms with van der Waals surface area (Å²) in [6, 6.07) is 28.9. The molecule has 1 aliphatic carbocycles. The molecule has 25 heteroatoms. The quantitative estimate of drug-likeness (QED) is 0.0392. The third-order valence-electron chi connectivity index (χ3n) is 22.9. The van der Waals surface area contributed by atoms with Gasteiger partial charge in [0, 0.05) is 141 Å². The second-order valence-corrected chi connectivity index (χ2v) is 31.8. The Hall–Kier alpha value is -10.4. The first-order valence-electron chi connectivity index (χ1n) is 39.6. The van der Waals surface area contributed by atoms with Gasteiger partial charge in [0.25, 0.3) is 17.7 Å². The van der Waals surface area contributed by atoms with Gasteiger partial charge in [-0.3, -0.25) is 28.8 Å². The molecule has 114 heavy (non-hydrogen) atoms. The van der Waals surface area contributed by atoms with Gasteiger partial charge >= 0.3 is 12.1 Å². The Kier molecular flexibility index (Phi) is 28.5. The number of amides is 5. The predicted molar refractivity (Wildman–Crippen MR) is 442 cm³/mol. The fourth-order valence-electron chi connectivity index (χ4n) is 16.4. The maximum Gasteiger partial charge on any atom is 0.416 e. The Labute approximate surface area is 667 Å². The van der Waals surface area contributed by atoms with E-state index in [0.29, 0.717) is 45.8 Å². The molecule has 4 aliphatic heterocycles. The van der Waals surface area contributed by atoms with E-state index < -0.39 is 23.5 Å². The Bertz CT molecular complexity index is 4960. The summed E-state index contributed by atoms with van der Waals surface area (Å²) in [7, 11) is 10.9. The van der Waals surface area contributed by atoms with Crippen LogP contribution in [0, 0.1) is 67.1 Å². The van der Waals surface area contributed by atoms with Gasteiger partial charge in [0.1, 0.15) is 18.9 Å². The predicted octanol–water partition coefficient (Wildman–Crippen LogP) is 16.4. The number of carboxylic acid groups (broad SMARTS) is 1. The maximum absolute atomic E-state index is 13.9. The fourth-order valence-corrected chi connectivity index (χ4v) is 16.4. The lowest BCUT2D eigenvalue weighted by molar-refractivity contribution is -0.138. The molecule has 9 aromatic rings. The number of halogens is 4. The second-order valence-electron chi connectivity index (χ2n) is 31.8. The van der Waals surface area contributed by atoms with E-state index >= 15 is 0 Å². The number of carboxylic acids is 1. The van der Waals surface area contributed by atoms with E-state index in [0.717, 1.165) is 139 Å². The molecular formula is C89H113F4N13O8. The first kappa shape index (κ1) is 86.0. The Balaban J connectivity index is 0.000000163. The number of alkyl halides is 3. The lowest BCUT2D eigenvalue weighted by atomic mass is 9.82. The molecular weight excluding hydrogens is 1460 g/mol. The molecule has 5 fully saturated rings. The second kappa shape index (κ2) is 37.7. The van der Waals surface area contributed by atoms with Gasteiger partial charge < -0.3 is 68.4 Å². The van der Waals surface area contributed by atoms with Crippen molar-refractivity contribution in [1.29, 1.82) is 0 Å². The number of nitrogens with one attached hydrogen (secondary N) is 3. The number of likely N-dealkylation sites (N-methyl/N-ethyl adjacent to an activating group) is 3. The average Bonchev–Trinajstić information content (AvgIpc) is 1.60. The Morgan fingerprint density at radius 3 is 1.68 bits per heavy atom. The number of benzene rings is 4. The molecule has 0 radical (unpaired) electrons. The number of carbonyl (C=O) groups is 7. The van der Waals surface area contributed by atoms with Crippen molar-refractivity contribution in [3.8, 4) is 11.3 Å². The van der Waals surface area contributed by atoms with Gasteiger partial charge in [-0.1, -0.05) is 43.9 Å². The standard InChI is InChI=1S/C27H34N4O4.C22H26F3N3O.C22H29N3O2.C18H24FN3O/c1-28(2)23(32)16-30-13-12-20(15-30)26-25(18-8-6-5-7-9-18)21-11-10-19(27(34)35)14-22(21)31(26)17-24(33)29(3)4;1-13-4-5-17(11-19(13)22(23,24)25)26-21(29)18-10-14(2)28(15(18)3)20-12-27-8-6-16(20)7-9-27;1-16-15-21(17(2)25(16)14-13-24-11-5-4-6-12-24)22(27)23-20-9-7-19(8-10-20)18(3)26;1-12-6-7-17(16(19)10-12)20-18(23)15-11-13(2)22(14(15)3)9-8-21(4)5/h10-15,18H,5-9,16-17H2,1-4H3,(H,34,35);4-5,10-11,16,20H,6-9,12H2,1-3H3,(H,26,29);7-10,15H,4-6,11-14H2,1-3H3,(H,23,27);6-7,10-11H,8-9H2,1-5H3,(H,20,23). The molecule has 4 N–H and O–H groups in total. The number of anilines is 3. The number of piperidine rings is 4. The van der Waals surface area contributed by atoms with Crippen molar-refractivity contribution in [2.24, 2.45) is 5.92 Å². The van der Waals surface area contributed by atoms with Crippen LogP contribution in [0.15, 0.2) is 116 Å². The van der Waals surface area contributed by atoms with Crippen LogP contribution >= 0.6 is 0 Å². The highest BCUT2D eigenvalue weighted by atomic mass is 19.4. The monoisotopic (exact) mass is 1570 g/mol. The zero-order valence-electron chi connectivity index (χ0n) is 68.8. The summed E-state index contributed by atoms with van der Waals surface area (Å²) in [5.74, 6) is -1.28. The minimum absolute atomic E-state index is 0.00548. The highest BCUT2D eigenvalue weighted by Gasteiger charge is 2.38. The minimum atomic E-state index is -4.45. The summed E-state index contributed by atoms with van der Waals surface area (Å²) in [6.45, 7) is 26.3. The largest absolute Gasteiger partial charge is 0.478 e. The normalized spacial score (nSPS) is 16.3. The third kappa shape index (κ3) is 21.0. The molecule has 21 nitrogen and oxygen atoms in total. The number of hydrogen-bond donors (Lipinski definition) is 4. The molecule has 1 atom stereocenters. The Morgan fingerprint density at radius 2 is 1.11 bits per heavy atom. The summed E-state index contributed by atoms with van der Waals surface area (Å²) < 4.78 is 63.8. The summed E-state index contributed by atoms with van der Waals surface area (Å²) in [5.41, 5.74) is 13.7. The van der Waals surface area contributed by atoms with Crippen LogP contribution in [0.4, 0.5) is 34.6 Å². The number of hydrogen-bond acceptors (Lipinski definition) is 10. The molecule has 9 heterocycles. The van der Waals surface area contributed by atoms with Gasteiger partial charge in [0.15, 0.2) is 5.78 Å². The topological polar surface area (TPSA) is 217 Å². The van der Waals surface area contributed by atoms with Crippen molar-refractivity contribution >= 4 is 69.3 Å². The number of aromatic nitrogens is 5. The smallest absolute Gasteiger partial charge is 0.416 e. The molecule has 5 aromatic heterocycles. The molecule has 5 amide bonds.